The zero-order valence-corrected chi connectivity index (χ0v) is 14.1. The molecule has 0 radical (unpaired) electrons. The van der Waals surface area contributed by atoms with Crippen LogP contribution < -0.4 is 15.8 Å². The smallest absolute Gasteiger partial charge is 0.284 e. The van der Waals surface area contributed by atoms with Crippen molar-refractivity contribution in [3.8, 4) is 5.75 Å². The molecular formula is C16H20N4O2S. The third-order valence-electron chi connectivity index (χ3n) is 3.91. The van der Waals surface area contributed by atoms with E-state index in [-0.39, 0.29) is 5.91 Å². The van der Waals surface area contributed by atoms with E-state index in [1.165, 1.54) is 16.2 Å². The van der Waals surface area contributed by atoms with Crippen LogP contribution in [0.4, 0.5) is 5.69 Å². The van der Waals surface area contributed by atoms with E-state index < -0.39 is 0 Å². The van der Waals surface area contributed by atoms with Gasteiger partial charge in [0.15, 0.2) is 5.01 Å². The predicted octanol–water partition coefficient (Wildman–Crippen LogP) is 1.85. The molecule has 0 saturated heterocycles. The van der Waals surface area contributed by atoms with Gasteiger partial charge in [-0.05, 0) is 18.7 Å². The van der Waals surface area contributed by atoms with E-state index >= 15 is 0 Å². The molecule has 1 aliphatic heterocycles. The molecule has 0 aliphatic carbocycles. The van der Waals surface area contributed by atoms with Gasteiger partial charge in [0.2, 0.25) is 0 Å². The molecular weight excluding hydrogens is 312 g/mol. The molecule has 23 heavy (non-hydrogen) atoms. The third kappa shape index (κ3) is 3.21. The fraction of sp³-hybridized carbons (Fsp3) is 0.375. The molecule has 0 saturated carbocycles. The van der Waals surface area contributed by atoms with Gasteiger partial charge in [-0.1, -0.05) is 12.1 Å². The SMILES string of the molecule is COc1cccc(CN)c1NC(=O)c1nc2c(s1)CN(C)CC2. The quantitative estimate of drug-likeness (QED) is 0.893. The van der Waals surface area contributed by atoms with E-state index in [0.717, 1.165) is 30.8 Å². The number of nitrogens with one attached hydrogen (secondary N) is 1. The molecule has 1 amide bonds. The van der Waals surface area contributed by atoms with E-state index in [0.29, 0.717) is 23.0 Å². The molecule has 7 heteroatoms. The van der Waals surface area contributed by atoms with Crippen LogP contribution in [0.25, 0.3) is 0 Å². The molecule has 0 bridgehead atoms. The monoisotopic (exact) mass is 332 g/mol. The van der Waals surface area contributed by atoms with Gasteiger partial charge in [0, 0.05) is 30.9 Å². The van der Waals surface area contributed by atoms with Crippen LogP contribution in [0.3, 0.4) is 0 Å². The number of benzene rings is 1. The zero-order chi connectivity index (χ0) is 16.4. The summed E-state index contributed by atoms with van der Waals surface area (Å²) < 4.78 is 5.33. The lowest BCUT2D eigenvalue weighted by Gasteiger charge is -2.20. The second-order valence-electron chi connectivity index (χ2n) is 5.53. The van der Waals surface area contributed by atoms with Crippen LogP contribution in [0.15, 0.2) is 18.2 Å². The number of hydrogen-bond acceptors (Lipinski definition) is 6. The van der Waals surface area contributed by atoms with Crippen LogP contribution in [-0.4, -0.2) is 36.5 Å². The van der Waals surface area contributed by atoms with Crippen molar-refractivity contribution in [1.82, 2.24) is 9.88 Å². The first kappa shape index (κ1) is 15.9. The van der Waals surface area contributed by atoms with Crippen molar-refractivity contribution in [2.45, 2.75) is 19.5 Å². The first-order chi connectivity index (χ1) is 11.1. The van der Waals surface area contributed by atoms with Crippen molar-refractivity contribution in [2.24, 2.45) is 5.73 Å². The molecule has 0 atom stereocenters. The fourth-order valence-corrected chi connectivity index (χ4v) is 3.73. The minimum atomic E-state index is -0.216. The normalized spacial score (nSPS) is 14.4. The maximum Gasteiger partial charge on any atom is 0.284 e. The molecule has 2 aromatic rings. The van der Waals surface area contributed by atoms with Crippen LogP contribution in [0.5, 0.6) is 5.75 Å². The van der Waals surface area contributed by atoms with Crippen molar-refractivity contribution >= 4 is 22.9 Å². The summed E-state index contributed by atoms with van der Waals surface area (Å²) >= 11 is 1.46. The van der Waals surface area contributed by atoms with Crippen LogP contribution in [0.1, 0.15) is 25.9 Å². The summed E-state index contributed by atoms with van der Waals surface area (Å²) in [6.45, 7) is 2.15. The number of aromatic nitrogens is 1. The molecule has 1 aliphatic rings. The van der Waals surface area contributed by atoms with E-state index in [9.17, 15) is 4.79 Å². The maximum atomic E-state index is 12.6. The first-order valence-electron chi connectivity index (χ1n) is 7.46. The van der Waals surface area contributed by atoms with Gasteiger partial charge in [-0.25, -0.2) is 4.98 Å². The Morgan fingerprint density at radius 2 is 2.35 bits per heavy atom. The second kappa shape index (κ2) is 6.66. The van der Waals surface area contributed by atoms with Crippen molar-refractivity contribution in [2.75, 3.05) is 26.0 Å². The number of para-hydroxylation sites is 1. The molecule has 3 rings (SSSR count). The Bertz CT molecular complexity index is 707. The average molecular weight is 332 g/mol. The van der Waals surface area contributed by atoms with Crippen LogP contribution in [0.2, 0.25) is 0 Å². The van der Waals surface area contributed by atoms with Crippen LogP contribution in [-0.2, 0) is 19.5 Å². The van der Waals surface area contributed by atoms with Crippen molar-refractivity contribution in [1.29, 1.82) is 0 Å². The Balaban J connectivity index is 1.85. The highest BCUT2D eigenvalue weighted by molar-refractivity contribution is 7.13. The number of carbonyl (C=O) groups excluding carboxylic acids is 1. The number of nitrogens with two attached hydrogens (primary N) is 1. The molecule has 0 spiro atoms. The number of nitrogens with zero attached hydrogens (tertiary/aromatic N) is 2. The maximum absolute atomic E-state index is 12.6. The van der Waals surface area contributed by atoms with Gasteiger partial charge < -0.3 is 20.7 Å². The Kier molecular flexibility index (Phi) is 4.61. The van der Waals surface area contributed by atoms with Gasteiger partial charge in [0.25, 0.3) is 5.91 Å². The number of likely N-dealkylation sites (N-methyl/N-ethyl adjacent to an activating group) is 1. The summed E-state index contributed by atoms with van der Waals surface area (Å²) in [6, 6.07) is 5.53. The fourth-order valence-electron chi connectivity index (χ4n) is 2.65. The molecule has 6 nitrogen and oxygen atoms in total. The first-order valence-corrected chi connectivity index (χ1v) is 8.28. The second-order valence-corrected chi connectivity index (χ2v) is 6.61. The van der Waals surface area contributed by atoms with E-state index in [1.807, 2.05) is 12.1 Å². The lowest BCUT2D eigenvalue weighted by Crippen LogP contribution is -2.25. The summed E-state index contributed by atoms with van der Waals surface area (Å²) in [7, 11) is 3.65. The number of thiazole rings is 1. The highest BCUT2D eigenvalue weighted by atomic mass is 32.1. The van der Waals surface area contributed by atoms with Crippen molar-refractivity contribution in [3.05, 3.63) is 39.3 Å². The Hall–Kier alpha value is -1.96. The lowest BCUT2D eigenvalue weighted by molar-refractivity contribution is 0.102. The van der Waals surface area contributed by atoms with Crippen molar-refractivity contribution in [3.63, 3.8) is 0 Å². The molecule has 0 fully saturated rings. The molecule has 2 heterocycles. The number of hydrogen-bond donors (Lipinski definition) is 2. The Morgan fingerprint density at radius 1 is 1.52 bits per heavy atom. The van der Waals surface area contributed by atoms with Gasteiger partial charge in [-0.15, -0.1) is 11.3 Å². The van der Waals surface area contributed by atoms with Crippen LogP contribution in [0, 0.1) is 0 Å². The molecule has 0 unspecified atom stereocenters. The Morgan fingerprint density at radius 3 is 3.09 bits per heavy atom. The Labute approximate surface area is 139 Å². The number of fused-ring (bicyclic) bond motifs is 1. The minimum absolute atomic E-state index is 0.216. The summed E-state index contributed by atoms with van der Waals surface area (Å²) in [5.74, 6) is 0.383. The minimum Gasteiger partial charge on any atom is -0.495 e. The van der Waals surface area contributed by atoms with Gasteiger partial charge >= 0.3 is 0 Å². The number of ether oxygens (including phenoxy) is 1. The van der Waals surface area contributed by atoms with E-state index in [4.69, 9.17) is 10.5 Å². The average Bonchev–Trinajstić information content (AvgIpc) is 2.98. The molecule has 1 aromatic carbocycles. The number of rotatable bonds is 4. The number of amides is 1. The van der Waals surface area contributed by atoms with E-state index in [1.54, 1.807) is 13.2 Å². The number of carbonyl (C=O) groups is 1. The summed E-state index contributed by atoms with van der Waals surface area (Å²) in [4.78, 5) is 20.5. The molecule has 1 aromatic heterocycles. The molecule has 3 N–H and O–H groups in total. The predicted molar refractivity (Wildman–Crippen MR) is 91.0 cm³/mol. The standard InChI is InChI=1S/C16H20N4O2S/c1-20-7-6-11-13(9-20)23-16(18-11)15(21)19-14-10(8-17)4-3-5-12(14)22-2/h3-5H,6-9,17H2,1-2H3,(H,19,21). The summed E-state index contributed by atoms with van der Waals surface area (Å²) in [5, 5.41) is 3.39. The number of methoxy groups -OCH3 is 1. The van der Waals surface area contributed by atoms with Crippen LogP contribution >= 0.6 is 11.3 Å². The zero-order valence-electron chi connectivity index (χ0n) is 13.3. The largest absolute Gasteiger partial charge is 0.495 e. The van der Waals surface area contributed by atoms with Gasteiger partial charge in [-0.3, -0.25) is 4.79 Å². The van der Waals surface area contributed by atoms with Crippen molar-refractivity contribution < 1.29 is 9.53 Å². The highest BCUT2D eigenvalue weighted by Gasteiger charge is 2.22. The lowest BCUT2D eigenvalue weighted by atomic mass is 10.1. The van der Waals surface area contributed by atoms with Gasteiger partial charge in [0.05, 0.1) is 18.5 Å². The number of anilines is 1. The van der Waals surface area contributed by atoms with E-state index in [2.05, 4.69) is 22.2 Å². The third-order valence-corrected chi connectivity index (χ3v) is 4.99. The topological polar surface area (TPSA) is 80.5 Å². The summed E-state index contributed by atoms with van der Waals surface area (Å²) in [6.07, 6.45) is 0.887. The highest BCUT2D eigenvalue weighted by Crippen LogP contribution is 2.30. The molecule has 122 valence electrons. The summed E-state index contributed by atoms with van der Waals surface area (Å²) in [5.41, 5.74) is 8.25. The van der Waals surface area contributed by atoms with Gasteiger partial charge in [-0.2, -0.15) is 0 Å². The van der Waals surface area contributed by atoms with Gasteiger partial charge in [0.1, 0.15) is 5.75 Å².